The minimum absolute atomic E-state index is 0.230. The minimum Gasteiger partial charge on any atom is -0.383 e. The summed E-state index contributed by atoms with van der Waals surface area (Å²) in [6.45, 7) is 2.16. The quantitative estimate of drug-likeness (QED) is 0.782. The average molecular weight is 314 g/mol. The number of nitrogens with two attached hydrogens (primary N) is 1. The molecule has 4 heteroatoms. The molecule has 118 valence electrons. The van der Waals surface area contributed by atoms with E-state index >= 15 is 0 Å². The lowest BCUT2D eigenvalue weighted by molar-refractivity contribution is 0.922. The molecule has 0 radical (unpaired) electrons. The van der Waals surface area contributed by atoms with Crippen molar-refractivity contribution in [2.45, 2.75) is 19.8 Å². The SMILES string of the molecule is CCCc1ccc(-c2cc(-c3ccccn3)c(C#N)c(N)n2)cc1. The maximum Gasteiger partial charge on any atom is 0.142 e. The molecule has 2 aromatic heterocycles. The highest BCUT2D eigenvalue weighted by molar-refractivity contribution is 5.78. The zero-order valence-electron chi connectivity index (χ0n) is 13.5. The van der Waals surface area contributed by atoms with Gasteiger partial charge in [0.1, 0.15) is 17.5 Å². The van der Waals surface area contributed by atoms with Crippen molar-refractivity contribution in [3.05, 3.63) is 65.9 Å². The number of hydrogen-bond acceptors (Lipinski definition) is 4. The lowest BCUT2D eigenvalue weighted by Gasteiger charge is -2.10. The average Bonchev–Trinajstić information content (AvgIpc) is 2.63. The number of anilines is 1. The zero-order chi connectivity index (χ0) is 16.9. The number of pyridine rings is 2. The molecule has 2 heterocycles. The van der Waals surface area contributed by atoms with Crippen molar-refractivity contribution < 1.29 is 0 Å². The third kappa shape index (κ3) is 3.11. The Morgan fingerprint density at radius 1 is 1.08 bits per heavy atom. The normalized spacial score (nSPS) is 10.3. The lowest BCUT2D eigenvalue weighted by atomic mass is 10.0. The van der Waals surface area contributed by atoms with E-state index in [0.717, 1.165) is 24.1 Å². The Bertz CT molecular complexity index is 878. The first-order valence-electron chi connectivity index (χ1n) is 7.94. The Morgan fingerprint density at radius 2 is 1.88 bits per heavy atom. The van der Waals surface area contributed by atoms with E-state index in [2.05, 4.69) is 35.1 Å². The number of hydrogen-bond donors (Lipinski definition) is 1. The molecule has 0 saturated carbocycles. The molecule has 1 aromatic carbocycles. The number of nitrogen functional groups attached to an aromatic ring is 1. The molecule has 3 aromatic rings. The van der Waals surface area contributed by atoms with E-state index in [-0.39, 0.29) is 5.82 Å². The van der Waals surface area contributed by atoms with Crippen LogP contribution < -0.4 is 5.73 Å². The third-order valence-corrected chi connectivity index (χ3v) is 3.89. The largest absolute Gasteiger partial charge is 0.383 e. The lowest BCUT2D eigenvalue weighted by Crippen LogP contribution is -2.00. The van der Waals surface area contributed by atoms with Crippen LogP contribution in [0.3, 0.4) is 0 Å². The van der Waals surface area contributed by atoms with Crippen LogP contribution in [0.25, 0.3) is 22.5 Å². The van der Waals surface area contributed by atoms with E-state index in [4.69, 9.17) is 5.73 Å². The summed E-state index contributed by atoms with van der Waals surface area (Å²) in [5.41, 5.74) is 10.8. The van der Waals surface area contributed by atoms with Crippen LogP contribution >= 0.6 is 0 Å². The first-order valence-corrected chi connectivity index (χ1v) is 7.94. The summed E-state index contributed by atoms with van der Waals surface area (Å²) in [5, 5.41) is 9.42. The number of aromatic nitrogens is 2. The van der Waals surface area contributed by atoms with Crippen LogP contribution in [0.5, 0.6) is 0 Å². The molecule has 4 nitrogen and oxygen atoms in total. The van der Waals surface area contributed by atoms with Gasteiger partial charge in [-0.2, -0.15) is 5.26 Å². The molecular formula is C20H18N4. The molecule has 0 saturated heterocycles. The summed E-state index contributed by atoms with van der Waals surface area (Å²) < 4.78 is 0. The van der Waals surface area contributed by atoms with Gasteiger partial charge in [0.15, 0.2) is 0 Å². The third-order valence-electron chi connectivity index (χ3n) is 3.89. The van der Waals surface area contributed by atoms with E-state index < -0.39 is 0 Å². The van der Waals surface area contributed by atoms with Crippen LogP contribution in [0.2, 0.25) is 0 Å². The Hall–Kier alpha value is -3.19. The molecule has 24 heavy (non-hydrogen) atoms. The summed E-state index contributed by atoms with van der Waals surface area (Å²) in [6, 6.07) is 17.9. The van der Waals surface area contributed by atoms with Gasteiger partial charge in [-0.3, -0.25) is 4.98 Å². The molecule has 0 spiro atoms. The van der Waals surface area contributed by atoms with Crippen molar-refractivity contribution in [3.63, 3.8) is 0 Å². The second kappa shape index (κ2) is 6.93. The highest BCUT2D eigenvalue weighted by Gasteiger charge is 2.14. The van der Waals surface area contributed by atoms with Gasteiger partial charge in [0.25, 0.3) is 0 Å². The molecular weight excluding hydrogens is 296 g/mol. The van der Waals surface area contributed by atoms with Crippen LogP contribution in [0, 0.1) is 11.3 Å². The molecule has 0 amide bonds. The Morgan fingerprint density at radius 3 is 2.50 bits per heavy atom. The van der Waals surface area contributed by atoms with Crippen molar-refractivity contribution in [1.29, 1.82) is 5.26 Å². The minimum atomic E-state index is 0.230. The van der Waals surface area contributed by atoms with E-state index in [1.807, 2.05) is 36.4 Å². The van der Waals surface area contributed by atoms with Gasteiger partial charge in [-0.25, -0.2) is 4.98 Å². The second-order valence-corrected chi connectivity index (χ2v) is 5.59. The summed E-state index contributed by atoms with van der Waals surface area (Å²) in [6.07, 6.45) is 3.87. The predicted molar refractivity (Wildman–Crippen MR) is 96.0 cm³/mol. The van der Waals surface area contributed by atoms with Gasteiger partial charge in [-0.1, -0.05) is 43.7 Å². The highest BCUT2D eigenvalue weighted by Crippen LogP contribution is 2.30. The van der Waals surface area contributed by atoms with Gasteiger partial charge in [0.05, 0.1) is 11.4 Å². The van der Waals surface area contributed by atoms with Crippen molar-refractivity contribution in [2.24, 2.45) is 0 Å². The van der Waals surface area contributed by atoms with Crippen LogP contribution in [0.4, 0.5) is 5.82 Å². The topological polar surface area (TPSA) is 75.6 Å². The maximum atomic E-state index is 9.42. The number of nitrogens with zero attached hydrogens (tertiary/aromatic N) is 3. The maximum absolute atomic E-state index is 9.42. The van der Waals surface area contributed by atoms with Gasteiger partial charge in [-0.15, -0.1) is 0 Å². The van der Waals surface area contributed by atoms with Crippen molar-refractivity contribution in [3.8, 4) is 28.6 Å². The Labute approximate surface area is 141 Å². The standard InChI is InChI=1S/C20H18N4/c1-2-5-14-7-9-15(10-8-14)19-12-16(17(13-21)20(22)24-19)18-6-3-4-11-23-18/h3-4,6-12H,2,5H2,1H3,(H2,22,24). The fraction of sp³-hybridized carbons (Fsp3) is 0.150. The first kappa shape index (κ1) is 15.7. The van der Waals surface area contributed by atoms with Crippen LogP contribution in [-0.4, -0.2) is 9.97 Å². The Kier molecular flexibility index (Phi) is 4.53. The fourth-order valence-corrected chi connectivity index (χ4v) is 2.69. The molecule has 0 aliphatic carbocycles. The van der Waals surface area contributed by atoms with Crippen molar-refractivity contribution in [1.82, 2.24) is 9.97 Å². The monoisotopic (exact) mass is 314 g/mol. The summed E-state index contributed by atoms with van der Waals surface area (Å²) >= 11 is 0. The summed E-state index contributed by atoms with van der Waals surface area (Å²) in [7, 11) is 0. The van der Waals surface area contributed by atoms with Crippen LogP contribution in [0.1, 0.15) is 24.5 Å². The van der Waals surface area contributed by atoms with Crippen LogP contribution in [0.15, 0.2) is 54.7 Å². The molecule has 0 aliphatic rings. The molecule has 0 aliphatic heterocycles. The molecule has 0 bridgehead atoms. The van der Waals surface area contributed by atoms with Crippen molar-refractivity contribution in [2.75, 3.05) is 5.73 Å². The van der Waals surface area contributed by atoms with Crippen molar-refractivity contribution >= 4 is 5.82 Å². The second-order valence-electron chi connectivity index (χ2n) is 5.59. The number of benzene rings is 1. The van der Waals surface area contributed by atoms with Gasteiger partial charge in [-0.05, 0) is 30.2 Å². The predicted octanol–water partition coefficient (Wildman–Crippen LogP) is 4.22. The highest BCUT2D eigenvalue weighted by atomic mass is 14.9. The zero-order valence-corrected chi connectivity index (χ0v) is 13.5. The summed E-state index contributed by atoms with van der Waals surface area (Å²) in [4.78, 5) is 8.74. The van der Waals surface area contributed by atoms with E-state index in [9.17, 15) is 5.26 Å². The van der Waals surface area contributed by atoms with Gasteiger partial charge >= 0.3 is 0 Å². The first-order chi connectivity index (χ1) is 11.7. The van der Waals surface area contributed by atoms with Gasteiger partial charge in [0.2, 0.25) is 0 Å². The molecule has 0 atom stereocenters. The molecule has 2 N–H and O–H groups in total. The Balaban J connectivity index is 2.10. The molecule has 0 unspecified atom stereocenters. The number of nitriles is 1. The van der Waals surface area contributed by atoms with Gasteiger partial charge < -0.3 is 5.73 Å². The molecule has 3 rings (SSSR count). The summed E-state index contributed by atoms with van der Waals surface area (Å²) in [5.74, 6) is 0.230. The smallest absolute Gasteiger partial charge is 0.142 e. The van der Waals surface area contributed by atoms with E-state index in [1.54, 1.807) is 6.20 Å². The fourth-order valence-electron chi connectivity index (χ4n) is 2.69. The number of rotatable bonds is 4. The molecule has 0 fully saturated rings. The number of aryl methyl sites for hydroxylation is 1. The van der Waals surface area contributed by atoms with Gasteiger partial charge in [0, 0.05) is 17.3 Å². The van der Waals surface area contributed by atoms with Crippen LogP contribution in [-0.2, 0) is 6.42 Å². The van der Waals surface area contributed by atoms with E-state index in [1.165, 1.54) is 5.56 Å². The van der Waals surface area contributed by atoms with E-state index in [0.29, 0.717) is 16.8 Å².